The van der Waals surface area contributed by atoms with E-state index in [0.29, 0.717) is 35.9 Å². The maximum absolute atomic E-state index is 13.1. The van der Waals surface area contributed by atoms with Gasteiger partial charge in [-0.25, -0.2) is 0 Å². The summed E-state index contributed by atoms with van der Waals surface area (Å²) in [7, 11) is 0. The maximum Gasteiger partial charge on any atom is 0.430 e. The van der Waals surface area contributed by atoms with Gasteiger partial charge in [0.1, 0.15) is 0 Å². The Labute approximate surface area is 176 Å². The standard InChI is InChI=1S/C21H22ClF6NO/c1-3-4-11-29(13-15-6-5-14(2)18(22)12-15)17-9-7-16(8-10-17)19(30,20(23,24)25)21(26,27)28/h5-10,12,30H,3-4,11,13H2,1-2H3. The van der Waals surface area contributed by atoms with Crippen molar-refractivity contribution in [3.8, 4) is 0 Å². The molecule has 0 aliphatic heterocycles. The summed E-state index contributed by atoms with van der Waals surface area (Å²) in [6, 6.07) is 9.11. The van der Waals surface area contributed by atoms with E-state index >= 15 is 0 Å². The molecule has 2 nitrogen and oxygen atoms in total. The van der Waals surface area contributed by atoms with E-state index in [9.17, 15) is 31.4 Å². The molecule has 0 bridgehead atoms. The molecule has 0 saturated heterocycles. The molecular weight excluding hydrogens is 432 g/mol. The van der Waals surface area contributed by atoms with Gasteiger partial charge in [0.05, 0.1) is 0 Å². The van der Waals surface area contributed by atoms with Gasteiger partial charge in [0.2, 0.25) is 0 Å². The van der Waals surface area contributed by atoms with Gasteiger partial charge in [0, 0.05) is 29.4 Å². The number of hydrogen-bond acceptors (Lipinski definition) is 2. The first-order chi connectivity index (χ1) is 13.8. The van der Waals surface area contributed by atoms with Gasteiger partial charge < -0.3 is 10.0 Å². The Morgan fingerprint density at radius 1 is 0.933 bits per heavy atom. The number of aryl methyl sites for hydroxylation is 1. The van der Waals surface area contributed by atoms with E-state index in [1.807, 2.05) is 30.9 Å². The summed E-state index contributed by atoms with van der Waals surface area (Å²) in [5.41, 5.74) is -4.02. The Hall–Kier alpha value is -1.93. The van der Waals surface area contributed by atoms with Crippen LogP contribution < -0.4 is 4.90 Å². The first-order valence-electron chi connectivity index (χ1n) is 9.27. The van der Waals surface area contributed by atoms with Gasteiger partial charge in [-0.05, 0) is 42.7 Å². The van der Waals surface area contributed by atoms with Gasteiger partial charge in [-0.3, -0.25) is 0 Å². The average molecular weight is 454 g/mol. The van der Waals surface area contributed by atoms with Crippen molar-refractivity contribution in [1.82, 2.24) is 0 Å². The van der Waals surface area contributed by atoms with E-state index in [-0.39, 0.29) is 0 Å². The molecule has 166 valence electrons. The molecule has 0 spiro atoms. The lowest BCUT2D eigenvalue weighted by atomic mass is 9.92. The van der Waals surface area contributed by atoms with Gasteiger partial charge in [-0.15, -0.1) is 0 Å². The highest BCUT2D eigenvalue weighted by atomic mass is 35.5. The van der Waals surface area contributed by atoms with Gasteiger partial charge in [-0.1, -0.05) is 49.2 Å². The highest BCUT2D eigenvalue weighted by Crippen LogP contribution is 2.50. The summed E-state index contributed by atoms with van der Waals surface area (Å²) < 4.78 is 78.5. The van der Waals surface area contributed by atoms with Crippen LogP contribution >= 0.6 is 11.6 Å². The minimum Gasteiger partial charge on any atom is -0.369 e. The number of benzene rings is 2. The Morgan fingerprint density at radius 2 is 1.50 bits per heavy atom. The average Bonchev–Trinajstić information content (AvgIpc) is 2.65. The fourth-order valence-corrected chi connectivity index (χ4v) is 3.21. The van der Waals surface area contributed by atoms with Crippen LogP contribution in [0.25, 0.3) is 0 Å². The SMILES string of the molecule is CCCCN(Cc1ccc(C)c(Cl)c1)c1ccc(C(O)(C(F)(F)F)C(F)(F)F)cc1. The molecule has 1 N–H and O–H groups in total. The van der Waals surface area contributed by atoms with Crippen LogP contribution in [0.2, 0.25) is 5.02 Å². The number of anilines is 1. The fourth-order valence-electron chi connectivity index (χ4n) is 3.01. The van der Waals surface area contributed by atoms with Gasteiger partial charge >= 0.3 is 12.4 Å². The van der Waals surface area contributed by atoms with E-state index in [4.69, 9.17) is 11.6 Å². The summed E-state index contributed by atoms with van der Waals surface area (Å²) in [4.78, 5) is 1.84. The quantitative estimate of drug-likeness (QED) is 0.468. The number of rotatable bonds is 7. The molecule has 2 rings (SSSR count). The number of nitrogens with zero attached hydrogens (tertiary/aromatic N) is 1. The number of halogens is 7. The second kappa shape index (κ2) is 9.06. The van der Waals surface area contributed by atoms with Crippen LogP contribution in [0.15, 0.2) is 42.5 Å². The van der Waals surface area contributed by atoms with E-state index < -0.39 is 23.5 Å². The zero-order chi connectivity index (χ0) is 22.7. The van der Waals surface area contributed by atoms with E-state index in [0.717, 1.165) is 36.1 Å². The minimum atomic E-state index is -5.91. The molecule has 0 radical (unpaired) electrons. The molecule has 0 heterocycles. The predicted octanol–water partition coefficient (Wildman–Crippen LogP) is 6.77. The van der Waals surface area contributed by atoms with Crippen LogP contribution in [0.5, 0.6) is 0 Å². The maximum atomic E-state index is 13.1. The smallest absolute Gasteiger partial charge is 0.369 e. The molecule has 0 atom stereocenters. The van der Waals surface area contributed by atoms with Gasteiger partial charge in [0.25, 0.3) is 5.60 Å². The largest absolute Gasteiger partial charge is 0.430 e. The summed E-state index contributed by atoms with van der Waals surface area (Å²) in [5.74, 6) is 0. The molecule has 0 aliphatic rings. The Morgan fingerprint density at radius 3 is 1.97 bits per heavy atom. The minimum absolute atomic E-state index is 0.377. The van der Waals surface area contributed by atoms with Crippen LogP contribution in [-0.4, -0.2) is 24.0 Å². The van der Waals surface area contributed by atoms with Crippen molar-refractivity contribution in [1.29, 1.82) is 0 Å². The molecule has 0 unspecified atom stereocenters. The molecule has 0 amide bonds. The third-order valence-corrected chi connectivity index (χ3v) is 5.27. The number of hydrogen-bond donors (Lipinski definition) is 1. The summed E-state index contributed by atoms with van der Waals surface area (Å²) in [5, 5.41) is 10.1. The molecule has 30 heavy (non-hydrogen) atoms. The van der Waals surface area contributed by atoms with Crippen LogP contribution in [0.3, 0.4) is 0 Å². The summed E-state index contributed by atoms with van der Waals surface area (Å²) >= 11 is 6.14. The first kappa shape index (κ1) is 24.3. The van der Waals surface area contributed by atoms with Crippen LogP contribution in [0.4, 0.5) is 32.0 Å². The topological polar surface area (TPSA) is 23.5 Å². The number of alkyl halides is 6. The number of unbranched alkanes of at least 4 members (excludes halogenated alkanes) is 1. The lowest BCUT2D eigenvalue weighted by Crippen LogP contribution is -2.53. The Kier molecular flexibility index (Phi) is 7.35. The monoisotopic (exact) mass is 453 g/mol. The van der Waals surface area contributed by atoms with Crippen molar-refractivity contribution >= 4 is 17.3 Å². The molecule has 2 aromatic carbocycles. The Bertz CT molecular complexity index is 834. The van der Waals surface area contributed by atoms with Crippen LogP contribution in [0.1, 0.15) is 36.5 Å². The second-order valence-corrected chi connectivity index (χ2v) is 7.52. The first-order valence-corrected chi connectivity index (χ1v) is 9.65. The van der Waals surface area contributed by atoms with Crippen LogP contribution in [-0.2, 0) is 12.1 Å². The lowest BCUT2D eigenvalue weighted by Gasteiger charge is -2.33. The van der Waals surface area contributed by atoms with Crippen molar-refractivity contribution in [3.63, 3.8) is 0 Å². The summed E-state index contributed by atoms with van der Waals surface area (Å²) in [6.45, 7) is 4.74. The molecule has 2 aromatic rings. The zero-order valence-corrected chi connectivity index (χ0v) is 17.2. The highest BCUT2D eigenvalue weighted by Gasteiger charge is 2.71. The fraction of sp³-hybridized carbons (Fsp3) is 0.429. The highest BCUT2D eigenvalue weighted by molar-refractivity contribution is 6.31. The molecule has 0 aliphatic carbocycles. The summed E-state index contributed by atoms with van der Waals surface area (Å²) in [6.07, 6.45) is -10.2. The third-order valence-electron chi connectivity index (χ3n) is 4.86. The van der Waals surface area contributed by atoms with E-state index in [1.54, 1.807) is 6.07 Å². The van der Waals surface area contributed by atoms with Crippen LogP contribution in [0, 0.1) is 6.92 Å². The van der Waals surface area contributed by atoms with Gasteiger partial charge in [-0.2, -0.15) is 26.3 Å². The second-order valence-electron chi connectivity index (χ2n) is 7.11. The van der Waals surface area contributed by atoms with Crippen molar-refractivity contribution in [3.05, 3.63) is 64.2 Å². The zero-order valence-electron chi connectivity index (χ0n) is 16.4. The van der Waals surface area contributed by atoms with Gasteiger partial charge in [0.15, 0.2) is 0 Å². The predicted molar refractivity (Wildman–Crippen MR) is 105 cm³/mol. The van der Waals surface area contributed by atoms with Crippen molar-refractivity contribution in [2.75, 3.05) is 11.4 Å². The molecular formula is C21H22ClF6NO. The normalized spacial score (nSPS) is 12.9. The van der Waals surface area contributed by atoms with E-state index in [2.05, 4.69) is 0 Å². The molecule has 0 aromatic heterocycles. The molecule has 0 saturated carbocycles. The van der Waals surface area contributed by atoms with Crippen molar-refractivity contribution < 1.29 is 31.4 Å². The van der Waals surface area contributed by atoms with Crippen molar-refractivity contribution in [2.24, 2.45) is 0 Å². The number of aliphatic hydroxyl groups is 1. The Balaban J connectivity index is 2.38. The molecule has 0 fully saturated rings. The van der Waals surface area contributed by atoms with E-state index in [1.165, 1.54) is 0 Å². The third kappa shape index (κ3) is 5.03. The lowest BCUT2D eigenvalue weighted by molar-refractivity contribution is -0.376. The van der Waals surface area contributed by atoms with Crippen molar-refractivity contribution in [2.45, 2.75) is 51.2 Å². The molecule has 9 heteroatoms.